The van der Waals surface area contributed by atoms with Gasteiger partial charge in [0.05, 0.1) is 35.6 Å². The highest BCUT2D eigenvalue weighted by atomic mass is 35.5. The number of likely N-dealkylation sites (tertiary alicyclic amines) is 1. The van der Waals surface area contributed by atoms with Crippen LogP contribution in [0.2, 0.25) is 0 Å². The van der Waals surface area contributed by atoms with E-state index in [1.807, 2.05) is 12.1 Å². The van der Waals surface area contributed by atoms with E-state index in [2.05, 4.69) is 62.7 Å². The summed E-state index contributed by atoms with van der Waals surface area (Å²) in [4.78, 5) is 15.8. The highest BCUT2D eigenvalue weighted by Crippen LogP contribution is 2.46. The number of rotatable bonds is 16. The molecule has 59 heavy (non-hydrogen) atoms. The summed E-state index contributed by atoms with van der Waals surface area (Å²) in [7, 11) is 1.46. The summed E-state index contributed by atoms with van der Waals surface area (Å²) in [5.41, 5.74) is 7.50. The van der Waals surface area contributed by atoms with Crippen LogP contribution in [-0.4, -0.2) is 139 Å². The van der Waals surface area contributed by atoms with Crippen molar-refractivity contribution in [2.75, 3.05) is 40.9 Å². The Hall–Kier alpha value is -1.45. The number of hydrazine groups is 1. The number of methoxy groups -OCH3 is 2. The zero-order valence-corrected chi connectivity index (χ0v) is 37.7. The first-order chi connectivity index (χ1) is 28.0. The number of halogens is 3. The van der Waals surface area contributed by atoms with Crippen LogP contribution in [0.15, 0.2) is 24.3 Å². The Morgan fingerprint density at radius 3 is 2.37 bits per heavy atom. The number of hydrogen-bond acceptors (Lipinski definition) is 14. The molecule has 13 unspecified atom stereocenters. The molecule has 2 aliphatic carbocycles. The predicted octanol–water partition coefficient (Wildman–Crippen LogP) is 4.36. The van der Waals surface area contributed by atoms with Crippen molar-refractivity contribution in [1.82, 2.24) is 36.6 Å². The second kappa shape index (κ2) is 20.4. The van der Waals surface area contributed by atoms with Crippen LogP contribution in [0.1, 0.15) is 84.1 Å². The molecule has 0 radical (unpaired) electrons. The summed E-state index contributed by atoms with van der Waals surface area (Å²) >= 11 is 7.77. The highest BCUT2D eigenvalue weighted by Gasteiger charge is 2.57. The Labute approximate surface area is 358 Å². The zero-order chi connectivity index (χ0) is 42.6. The van der Waals surface area contributed by atoms with E-state index in [4.69, 9.17) is 21.1 Å². The lowest BCUT2D eigenvalue weighted by atomic mass is 9.77. The summed E-state index contributed by atoms with van der Waals surface area (Å²) < 4.78 is 70.1. The molecule has 336 valence electrons. The van der Waals surface area contributed by atoms with E-state index in [1.54, 1.807) is 14.2 Å². The van der Waals surface area contributed by atoms with Crippen LogP contribution in [-0.2, 0) is 21.1 Å². The third-order valence-electron chi connectivity index (χ3n) is 13.7. The Balaban J connectivity index is 1.07. The molecule has 0 amide bonds. The average Bonchev–Trinajstić information content (AvgIpc) is 3.62. The Morgan fingerprint density at radius 2 is 1.76 bits per heavy atom. The second-order valence-corrected chi connectivity index (χ2v) is 22.9. The molecular formula is C40H67ClF2N8O6S2. The van der Waals surface area contributed by atoms with E-state index in [0.29, 0.717) is 12.3 Å². The van der Waals surface area contributed by atoms with E-state index in [1.165, 1.54) is 31.2 Å². The first kappa shape index (κ1) is 47.0. The van der Waals surface area contributed by atoms with Crippen molar-refractivity contribution >= 4 is 33.2 Å². The van der Waals surface area contributed by atoms with Crippen LogP contribution < -0.4 is 31.5 Å². The van der Waals surface area contributed by atoms with E-state index >= 15 is 8.78 Å². The largest absolute Gasteiger partial charge is 0.497 e. The summed E-state index contributed by atoms with van der Waals surface area (Å²) in [6.07, 6.45) is 0.169. The molecule has 13 atom stereocenters. The van der Waals surface area contributed by atoms with E-state index < -0.39 is 59.7 Å². The molecule has 3 heterocycles. The highest BCUT2D eigenvalue weighted by molar-refractivity contribution is 8.00. The predicted molar refractivity (Wildman–Crippen MR) is 229 cm³/mol. The van der Waals surface area contributed by atoms with Crippen LogP contribution in [0, 0.1) is 22.0 Å². The molecule has 5 aliphatic rings. The average molecular weight is 894 g/mol. The van der Waals surface area contributed by atoms with E-state index in [-0.39, 0.29) is 61.8 Å². The summed E-state index contributed by atoms with van der Waals surface area (Å²) in [5, 5.41) is 20.5. The third kappa shape index (κ3) is 11.2. The van der Waals surface area contributed by atoms with Gasteiger partial charge in [-0.25, -0.2) is 22.6 Å². The van der Waals surface area contributed by atoms with Crippen LogP contribution >= 0.6 is 23.4 Å². The molecule has 19 heteroatoms. The molecule has 0 spiro atoms. The second-order valence-electron chi connectivity index (χ2n) is 18.1. The van der Waals surface area contributed by atoms with Crippen molar-refractivity contribution in [3.8, 4) is 5.75 Å². The number of hydrogen-bond donors (Lipinski definition) is 5. The number of piperidine rings is 1. The number of nitro groups is 1. The summed E-state index contributed by atoms with van der Waals surface area (Å²) in [6.45, 7) is 8.65. The standard InChI is InChI=1S/C40H67ClF2N8O6S2/c1-24-19-34(48-47-24)44-37-36(57-6)38(50-17-14-25(15-18-50)13-16-49(4)23-26-7-9-28(56-5)10-8-26)46-39(45-37)58-33-12-11-29(22-31(33)42)59(54,55)40(2,3)30-20-27(41)21-32(35(30)43)51(52)53/h7-10,24-25,27,29-39,44-48H,11-23H2,1-6H3. The number of thioether (sulfide) groups is 1. The Bertz CT molecular complexity index is 1640. The fourth-order valence-electron chi connectivity index (χ4n) is 9.96. The minimum atomic E-state index is -4.10. The topological polar surface area (TPSA) is 162 Å². The van der Waals surface area contributed by atoms with Gasteiger partial charge in [0, 0.05) is 47.6 Å². The van der Waals surface area contributed by atoms with Gasteiger partial charge in [-0.2, -0.15) is 0 Å². The van der Waals surface area contributed by atoms with Gasteiger partial charge in [0.15, 0.2) is 16.0 Å². The molecule has 5 N–H and O–H groups in total. The molecule has 6 rings (SSSR count). The number of alkyl halides is 3. The van der Waals surface area contributed by atoms with Crippen molar-refractivity contribution in [2.45, 2.75) is 160 Å². The van der Waals surface area contributed by atoms with Gasteiger partial charge in [-0.05, 0) is 122 Å². The normalized spacial score (nSPS) is 36.8. The molecular weight excluding hydrogens is 826 g/mol. The molecule has 3 aliphatic heterocycles. The van der Waals surface area contributed by atoms with Gasteiger partial charge in [-0.3, -0.25) is 36.4 Å². The summed E-state index contributed by atoms with van der Waals surface area (Å²) in [5.74, 6) is 0.292. The van der Waals surface area contributed by atoms with Crippen molar-refractivity contribution in [3.63, 3.8) is 0 Å². The van der Waals surface area contributed by atoms with Crippen molar-refractivity contribution in [2.24, 2.45) is 11.8 Å². The Kier molecular flexibility index (Phi) is 16.2. The van der Waals surface area contributed by atoms with Crippen LogP contribution in [0.3, 0.4) is 0 Å². The first-order valence-electron chi connectivity index (χ1n) is 21.3. The van der Waals surface area contributed by atoms with Crippen molar-refractivity contribution in [1.29, 1.82) is 0 Å². The first-order valence-corrected chi connectivity index (χ1v) is 24.2. The third-order valence-corrected chi connectivity index (χ3v) is 18.5. The van der Waals surface area contributed by atoms with Crippen molar-refractivity contribution < 1.29 is 31.6 Å². The monoisotopic (exact) mass is 892 g/mol. The molecule has 14 nitrogen and oxygen atoms in total. The maximum Gasteiger partial charge on any atom is 0.245 e. The number of sulfone groups is 1. The fraction of sp³-hybridized carbons (Fsp3) is 0.850. The van der Waals surface area contributed by atoms with Gasteiger partial charge < -0.3 is 14.4 Å². The van der Waals surface area contributed by atoms with Crippen LogP contribution in [0.5, 0.6) is 5.75 Å². The minimum absolute atomic E-state index is 0.00708. The zero-order valence-electron chi connectivity index (χ0n) is 35.3. The van der Waals surface area contributed by atoms with Crippen LogP contribution in [0.4, 0.5) is 8.78 Å². The summed E-state index contributed by atoms with van der Waals surface area (Å²) in [6, 6.07) is 6.94. The maximum atomic E-state index is 16.3. The molecule has 1 aromatic rings. The number of nitrogens with zero attached hydrogens (tertiary/aromatic N) is 3. The molecule has 5 fully saturated rings. The van der Waals surface area contributed by atoms with E-state index in [0.717, 1.165) is 57.6 Å². The quantitative estimate of drug-likeness (QED) is 0.0905. The molecule has 1 aromatic carbocycles. The lowest BCUT2D eigenvalue weighted by Crippen LogP contribution is -2.75. The Morgan fingerprint density at radius 1 is 1.05 bits per heavy atom. The van der Waals surface area contributed by atoms with Gasteiger partial charge in [-0.15, -0.1) is 23.4 Å². The lowest BCUT2D eigenvalue weighted by Gasteiger charge is -2.50. The number of benzene rings is 1. The molecule has 0 bridgehead atoms. The van der Waals surface area contributed by atoms with Gasteiger partial charge in [0.25, 0.3) is 0 Å². The SMILES string of the molecule is COc1ccc(CN(C)CCC2CCN(C3NC(SC4CCC(S(=O)(=O)C(C)(C)C5CC(Cl)CC([N+](=O)[O-])C5F)CC4F)NC(NC4CC(C)NN4)C3OC)CC2)cc1. The molecule has 0 aromatic heterocycles. The van der Waals surface area contributed by atoms with E-state index in [9.17, 15) is 18.5 Å². The van der Waals surface area contributed by atoms with Gasteiger partial charge in [0.2, 0.25) is 6.04 Å². The number of ether oxygens (including phenoxy) is 2. The molecule has 3 saturated heterocycles. The van der Waals surface area contributed by atoms with Gasteiger partial charge in [0.1, 0.15) is 23.5 Å². The minimum Gasteiger partial charge on any atom is -0.497 e. The van der Waals surface area contributed by atoms with Gasteiger partial charge in [-0.1, -0.05) is 12.1 Å². The smallest absolute Gasteiger partial charge is 0.245 e. The number of nitrogens with one attached hydrogen (secondary N) is 5. The van der Waals surface area contributed by atoms with Gasteiger partial charge >= 0.3 is 0 Å². The van der Waals surface area contributed by atoms with Crippen molar-refractivity contribution in [3.05, 3.63) is 39.9 Å². The van der Waals surface area contributed by atoms with Crippen LogP contribution in [0.25, 0.3) is 0 Å². The molecule has 2 saturated carbocycles. The lowest BCUT2D eigenvalue weighted by molar-refractivity contribution is -0.536. The fourth-order valence-corrected chi connectivity index (χ4v) is 14.1. The maximum absolute atomic E-state index is 16.3.